The number of aryl methyl sites for hydroxylation is 1. The van der Waals surface area contributed by atoms with Gasteiger partial charge < -0.3 is 15.5 Å². The second kappa shape index (κ2) is 8.03. The molecule has 2 aromatic rings. The van der Waals surface area contributed by atoms with Crippen molar-refractivity contribution in [3.63, 3.8) is 0 Å². The molecule has 0 amide bonds. The Morgan fingerprint density at radius 3 is 2.88 bits per heavy atom. The van der Waals surface area contributed by atoms with Gasteiger partial charge >= 0.3 is 0 Å². The van der Waals surface area contributed by atoms with Crippen LogP contribution in [0.1, 0.15) is 43.5 Å². The summed E-state index contributed by atoms with van der Waals surface area (Å²) in [5.41, 5.74) is 1.02. The van der Waals surface area contributed by atoms with Crippen LogP contribution in [0.15, 0.2) is 10.4 Å². The molecule has 1 atom stereocenters. The fraction of sp³-hybridized carbons (Fsp3) is 0.647. The van der Waals surface area contributed by atoms with E-state index in [1.807, 2.05) is 23.7 Å². The van der Waals surface area contributed by atoms with Crippen molar-refractivity contribution < 1.29 is 0 Å². The van der Waals surface area contributed by atoms with Crippen molar-refractivity contribution in [3.05, 3.63) is 22.7 Å². The molecule has 2 N–H and O–H groups in total. The molecule has 26 heavy (non-hydrogen) atoms. The van der Waals surface area contributed by atoms with Crippen molar-refractivity contribution >= 4 is 22.4 Å². The normalized spacial score (nSPS) is 17.3. The highest BCUT2D eigenvalue weighted by Gasteiger charge is 2.23. The molecule has 0 spiro atoms. The Hall–Kier alpha value is -2.16. The number of nitrogens with one attached hydrogen (secondary N) is 2. The van der Waals surface area contributed by atoms with Crippen LogP contribution in [-0.2, 0) is 19.5 Å². The predicted molar refractivity (Wildman–Crippen MR) is 106 cm³/mol. The third kappa shape index (κ3) is 4.32. The molecule has 0 aliphatic carbocycles. The average Bonchev–Trinajstić information content (AvgIpc) is 3.25. The van der Waals surface area contributed by atoms with E-state index in [-0.39, 0.29) is 0 Å². The first-order valence-corrected chi connectivity index (χ1v) is 9.86. The van der Waals surface area contributed by atoms with Crippen LogP contribution in [0.5, 0.6) is 0 Å². The first kappa shape index (κ1) is 18.6. The lowest BCUT2D eigenvalue weighted by molar-refractivity contribution is 0.391. The Morgan fingerprint density at radius 1 is 1.42 bits per heavy atom. The largest absolute Gasteiger partial charge is 0.354 e. The maximum atomic E-state index is 4.64. The zero-order chi connectivity index (χ0) is 18.7. The fourth-order valence-corrected chi connectivity index (χ4v) is 3.59. The molecule has 142 valence electrons. The monoisotopic (exact) mass is 376 g/mol. The molecule has 0 radical (unpaired) electrons. The number of hydrogen-bond donors (Lipinski definition) is 2. The summed E-state index contributed by atoms with van der Waals surface area (Å²) in [6, 6.07) is 0.295. The van der Waals surface area contributed by atoms with Crippen LogP contribution in [0, 0.1) is 0 Å². The summed E-state index contributed by atoms with van der Waals surface area (Å²) in [5, 5.41) is 14.6. The zero-order valence-corrected chi connectivity index (χ0v) is 17.0. The van der Waals surface area contributed by atoms with Crippen LogP contribution in [0.25, 0.3) is 0 Å². The summed E-state index contributed by atoms with van der Waals surface area (Å²) in [6.07, 6.45) is 1.96. The highest BCUT2D eigenvalue weighted by molar-refractivity contribution is 7.13. The molecule has 0 saturated heterocycles. The molecule has 1 aliphatic rings. The minimum atomic E-state index is 0.295. The predicted octanol–water partition coefficient (Wildman–Crippen LogP) is 1.60. The number of aliphatic imine (C=N–C) groups is 1. The Morgan fingerprint density at radius 2 is 2.23 bits per heavy atom. The summed E-state index contributed by atoms with van der Waals surface area (Å²) in [4.78, 5) is 15.6. The highest BCUT2D eigenvalue weighted by atomic mass is 32.1. The summed E-state index contributed by atoms with van der Waals surface area (Å²) in [5.74, 6) is 3.18. The van der Waals surface area contributed by atoms with Gasteiger partial charge in [-0.15, -0.1) is 11.3 Å². The number of rotatable bonds is 5. The van der Waals surface area contributed by atoms with Gasteiger partial charge in [0.15, 0.2) is 16.9 Å². The van der Waals surface area contributed by atoms with Crippen molar-refractivity contribution in [2.45, 2.75) is 51.7 Å². The van der Waals surface area contributed by atoms with Gasteiger partial charge in [-0.05, 0) is 6.42 Å². The molecule has 9 heteroatoms. The molecule has 0 aromatic carbocycles. The maximum Gasteiger partial charge on any atom is 0.191 e. The second-order valence-electron chi connectivity index (χ2n) is 7.04. The van der Waals surface area contributed by atoms with Crippen molar-refractivity contribution in [3.8, 4) is 0 Å². The van der Waals surface area contributed by atoms with Gasteiger partial charge in [-0.1, -0.05) is 13.8 Å². The minimum Gasteiger partial charge on any atom is -0.354 e. The van der Waals surface area contributed by atoms with Crippen LogP contribution in [0.4, 0.5) is 5.13 Å². The lowest BCUT2D eigenvalue weighted by Crippen LogP contribution is -2.46. The van der Waals surface area contributed by atoms with Crippen molar-refractivity contribution in [2.75, 3.05) is 26.0 Å². The summed E-state index contributed by atoms with van der Waals surface area (Å²) in [7, 11) is 5.80. The molecule has 0 saturated carbocycles. The Bertz CT molecular complexity index is 761. The molecule has 3 rings (SSSR count). The molecule has 1 unspecified atom stereocenters. The van der Waals surface area contributed by atoms with Crippen LogP contribution >= 0.6 is 11.3 Å². The topological polar surface area (TPSA) is 83.3 Å². The molecule has 0 fully saturated rings. The first-order valence-electron chi connectivity index (χ1n) is 8.98. The van der Waals surface area contributed by atoms with Gasteiger partial charge in [-0.25, -0.2) is 14.6 Å². The van der Waals surface area contributed by atoms with E-state index in [0.717, 1.165) is 47.8 Å². The van der Waals surface area contributed by atoms with Gasteiger partial charge in [0.05, 0.1) is 18.8 Å². The number of guanidine groups is 1. The molecular weight excluding hydrogens is 348 g/mol. The van der Waals surface area contributed by atoms with Crippen molar-refractivity contribution in [1.82, 2.24) is 30.4 Å². The number of anilines is 1. The lowest BCUT2D eigenvalue weighted by atomic mass is 10.1. The fourth-order valence-electron chi connectivity index (χ4n) is 2.84. The van der Waals surface area contributed by atoms with E-state index in [9.17, 15) is 0 Å². The molecule has 3 heterocycles. The highest BCUT2D eigenvalue weighted by Crippen LogP contribution is 2.18. The number of fused-ring (bicyclic) bond motifs is 1. The Labute approximate surface area is 158 Å². The zero-order valence-electron chi connectivity index (χ0n) is 16.2. The standard InChI is InChI=1S/C17H28N8S/c1-11(2)15-22-14-7-6-12(9-25(14)23-15)20-16(18-3)19-8-13-10-26-17(21-13)24(4)5/h10-12H,6-9H2,1-5H3,(H2,18,19,20). The smallest absolute Gasteiger partial charge is 0.191 e. The minimum absolute atomic E-state index is 0.295. The van der Waals surface area contributed by atoms with E-state index in [4.69, 9.17) is 0 Å². The van der Waals surface area contributed by atoms with Crippen LogP contribution < -0.4 is 15.5 Å². The quantitative estimate of drug-likeness (QED) is 0.609. The average molecular weight is 377 g/mol. The molecule has 1 aliphatic heterocycles. The van der Waals surface area contributed by atoms with Crippen molar-refractivity contribution in [2.24, 2.45) is 4.99 Å². The van der Waals surface area contributed by atoms with Gasteiger partial charge in [0.2, 0.25) is 0 Å². The number of nitrogens with zero attached hydrogens (tertiary/aromatic N) is 6. The van der Waals surface area contributed by atoms with Gasteiger partial charge in [-0.3, -0.25) is 4.99 Å². The molecule has 2 aromatic heterocycles. The van der Waals surface area contributed by atoms with Crippen LogP contribution in [-0.4, -0.2) is 52.9 Å². The van der Waals surface area contributed by atoms with E-state index in [0.29, 0.717) is 18.5 Å². The van der Waals surface area contributed by atoms with E-state index in [2.05, 4.69) is 49.9 Å². The van der Waals surface area contributed by atoms with Gasteiger partial charge in [0.1, 0.15) is 5.82 Å². The van der Waals surface area contributed by atoms with Crippen molar-refractivity contribution in [1.29, 1.82) is 0 Å². The van der Waals surface area contributed by atoms with Gasteiger partial charge in [0.25, 0.3) is 0 Å². The first-order chi connectivity index (χ1) is 12.5. The van der Waals surface area contributed by atoms with Crippen LogP contribution in [0.2, 0.25) is 0 Å². The number of thiazole rings is 1. The van der Waals surface area contributed by atoms with E-state index in [1.165, 1.54) is 0 Å². The number of aromatic nitrogens is 4. The molecule has 0 bridgehead atoms. The summed E-state index contributed by atoms with van der Waals surface area (Å²) < 4.78 is 2.04. The van der Waals surface area contributed by atoms with Crippen LogP contribution in [0.3, 0.4) is 0 Å². The van der Waals surface area contributed by atoms with E-state index < -0.39 is 0 Å². The molecule has 8 nitrogen and oxygen atoms in total. The van der Waals surface area contributed by atoms with Gasteiger partial charge in [0, 0.05) is 44.9 Å². The maximum absolute atomic E-state index is 4.64. The van der Waals surface area contributed by atoms with E-state index >= 15 is 0 Å². The Balaban J connectivity index is 1.55. The lowest BCUT2D eigenvalue weighted by Gasteiger charge is -2.25. The van der Waals surface area contributed by atoms with Gasteiger partial charge in [-0.2, -0.15) is 5.10 Å². The SMILES string of the molecule is CN=C(NCc1csc(N(C)C)n1)NC1CCc2nc(C(C)C)nn2C1. The third-order valence-corrected chi connectivity index (χ3v) is 5.37. The second-order valence-corrected chi connectivity index (χ2v) is 7.88. The third-order valence-electron chi connectivity index (χ3n) is 4.31. The number of hydrogen-bond acceptors (Lipinski definition) is 6. The summed E-state index contributed by atoms with van der Waals surface area (Å²) in [6.45, 7) is 5.73. The Kier molecular flexibility index (Phi) is 5.75. The summed E-state index contributed by atoms with van der Waals surface area (Å²) >= 11 is 1.65. The molecular formula is C17H28N8S. The van der Waals surface area contributed by atoms with E-state index in [1.54, 1.807) is 18.4 Å².